The van der Waals surface area contributed by atoms with Crippen LogP contribution in [0.3, 0.4) is 0 Å². The van der Waals surface area contributed by atoms with Gasteiger partial charge in [0.05, 0.1) is 31.5 Å². The van der Waals surface area contributed by atoms with Crippen LogP contribution in [0, 0.1) is 11.8 Å². The number of phenolic OH excluding ortho intramolecular Hbond substituents is 1. The lowest BCUT2D eigenvalue weighted by Gasteiger charge is -2.20. The Morgan fingerprint density at radius 3 is 2.41 bits per heavy atom. The normalized spacial score (nSPS) is 17.5. The Balaban J connectivity index is 0.931. The number of phenols is 1. The molecule has 3 unspecified atom stereocenters. The molecular weight excluding hydrogens is 1050 g/mol. The van der Waals surface area contributed by atoms with Crippen molar-refractivity contribution < 1.29 is 89.6 Å². The van der Waals surface area contributed by atoms with Gasteiger partial charge in [0.15, 0.2) is 5.43 Å². The zero-order valence-electron chi connectivity index (χ0n) is 36.1. The quantitative estimate of drug-likeness (QED) is 0.0126. The van der Waals surface area contributed by atoms with Crippen molar-refractivity contribution in [2.24, 2.45) is 5.73 Å². The van der Waals surface area contributed by atoms with Gasteiger partial charge in [-0.25, -0.2) is 28.1 Å². The number of nitrogens with two attached hydrogens (primary N) is 1. The van der Waals surface area contributed by atoms with Gasteiger partial charge in [-0.2, -0.15) is 8.62 Å². The van der Waals surface area contributed by atoms with E-state index < -0.39 is 84.5 Å². The minimum atomic E-state index is -5.80. The summed E-state index contributed by atoms with van der Waals surface area (Å²) in [6.07, 6.45) is -3.56. The first-order valence-electron chi connectivity index (χ1n) is 20.1. The van der Waals surface area contributed by atoms with Crippen LogP contribution < -0.4 is 33.0 Å². The smallest absolute Gasteiger partial charge is 0.490 e. The van der Waals surface area contributed by atoms with Crippen LogP contribution in [0.2, 0.25) is 0 Å². The van der Waals surface area contributed by atoms with Gasteiger partial charge in [0.25, 0.3) is 11.5 Å². The van der Waals surface area contributed by atoms with Crippen LogP contribution in [0.1, 0.15) is 38.9 Å². The van der Waals surface area contributed by atoms with Crippen molar-refractivity contribution >= 4 is 74.0 Å². The molecule has 1 aliphatic carbocycles. The second kappa shape index (κ2) is 23.7. The average Bonchev–Trinajstić information content (AvgIpc) is 3.68. The summed E-state index contributed by atoms with van der Waals surface area (Å²) in [6, 6.07) is 12.6. The standard InChI is InChI=1S/C39H40N5O22P3S2/c40-20-61-31-17-33(64-32(31)19-62-68(56,57)66-69(58,59)65-67(53,54)55)44-18-22(36(48)43-38(44)51)2-1-9-42-39(52)60-11-13-71-70-12-10-41-35(47)21-3-6-25(28(14-21)37(49)50)34-26-7-4-23(45)15-29(26)63-30-16-24(46)5-8-27(30)34/h3-8,14-16,18,31-33,45H,9-13,17,19-20,40H2,(H,41,47)(H,42,52)(H,49,50)(H,56,57)(H,58,59)(H,43,48,51)(H2,53,54,55)/t31-,32?,33-/m1/s1. The number of aromatic amines is 1. The van der Waals surface area contributed by atoms with E-state index in [-0.39, 0.29) is 70.9 Å². The van der Waals surface area contributed by atoms with Gasteiger partial charge in [-0.15, -0.1) is 0 Å². The van der Waals surface area contributed by atoms with E-state index in [0.717, 1.165) is 10.8 Å². The molecule has 0 saturated carbocycles. The number of phosphoric acid groups is 3. The third-order valence-electron chi connectivity index (χ3n) is 9.54. The number of rotatable bonds is 21. The van der Waals surface area contributed by atoms with E-state index in [2.05, 4.69) is 35.6 Å². The lowest BCUT2D eigenvalue weighted by Crippen LogP contribution is -2.34. The van der Waals surface area contributed by atoms with Gasteiger partial charge in [0.2, 0.25) is 0 Å². The summed E-state index contributed by atoms with van der Waals surface area (Å²) in [5.41, 5.74) is 4.25. The van der Waals surface area contributed by atoms with Crippen LogP contribution in [0.15, 0.2) is 79.6 Å². The number of carbonyl (C=O) groups excluding carboxylic acids is 2. The molecule has 6 rings (SSSR count). The number of phosphoric ester groups is 1. The SMILES string of the molecule is NCO[C@@H]1C[C@H](n2cc(C#CCNC(=O)OCCSSCCNC(=O)c3ccc(-c4c5ccc(=O)cc-5oc5cc(O)ccc45)c(C(=O)O)c3)c(=O)[nH]c2=O)OC1COP(=O)(O)OP(=O)(O)OP(=O)(O)O. The number of aromatic hydroxyl groups is 1. The number of hydrogen-bond donors (Lipinski definition) is 10. The highest BCUT2D eigenvalue weighted by Gasteiger charge is 2.43. The first-order valence-corrected chi connectivity index (χ1v) is 27.1. The molecule has 0 spiro atoms. The minimum Gasteiger partial charge on any atom is -0.508 e. The van der Waals surface area contributed by atoms with Crippen LogP contribution in [-0.4, -0.2) is 114 Å². The van der Waals surface area contributed by atoms with E-state index in [1.165, 1.54) is 70.1 Å². The number of benzene rings is 3. The Labute approximate surface area is 406 Å². The third kappa shape index (κ3) is 15.2. The monoisotopic (exact) mass is 1090 g/mol. The fourth-order valence-corrected chi connectivity index (χ4v) is 11.5. The van der Waals surface area contributed by atoms with Crippen molar-refractivity contribution in [1.29, 1.82) is 0 Å². The number of alkyl carbamates (subject to hydrolysis) is 1. The number of fused-ring (bicyclic) bond motifs is 2. The Morgan fingerprint density at radius 2 is 1.68 bits per heavy atom. The van der Waals surface area contributed by atoms with Crippen LogP contribution in [0.5, 0.6) is 5.75 Å². The molecule has 1 saturated heterocycles. The number of carbonyl (C=O) groups is 3. The average molecular weight is 1090 g/mol. The molecule has 5 atom stereocenters. The predicted molar refractivity (Wildman–Crippen MR) is 250 cm³/mol. The zero-order chi connectivity index (χ0) is 51.7. The number of aromatic carboxylic acids is 1. The van der Waals surface area contributed by atoms with Crippen molar-refractivity contribution in [3.05, 3.63) is 109 Å². The van der Waals surface area contributed by atoms with Gasteiger partial charge >= 0.3 is 41.2 Å². The molecule has 11 N–H and O–H groups in total. The Morgan fingerprint density at radius 1 is 0.930 bits per heavy atom. The lowest BCUT2D eigenvalue weighted by atomic mass is 9.90. The van der Waals surface area contributed by atoms with E-state index in [9.17, 15) is 62.5 Å². The summed E-state index contributed by atoms with van der Waals surface area (Å²) >= 11 is 0. The number of ether oxygens (including phenoxy) is 3. The summed E-state index contributed by atoms with van der Waals surface area (Å²) in [5, 5.41) is 25.8. The van der Waals surface area contributed by atoms with E-state index >= 15 is 0 Å². The molecule has 2 aromatic carbocycles. The summed E-state index contributed by atoms with van der Waals surface area (Å²) in [5.74, 6) is 4.05. The molecule has 380 valence electrons. The van der Waals surface area contributed by atoms with Gasteiger partial charge in [0, 0.05) is 64.9 Å². The summed E-state index contributed by atoms with van der Waals surface area (Å²) < 4.78 is 69.6. The first kappa shape index (κ1) is 54.7. The second-order valence-corrected chi connectivity index (χ2v) is 21.5. The topological polar surface area (TPSA) is 414 Å². The molecule has 3 aromatic rings. The van der Waals surface area contributed by atoms with Gasteiger partial charge < -0.3 is 64.8 Å². The lowest BCUT2D eigenvalue weighted by molar-refractivity contribution is -0.0602. The maximum Gasteiger partial charge on any atom is 0.490 e. The molecular formula is C39H40N5O22P3S2. The summed E-state index contributed by atoms with van der Waals surface area (Å²) in [4.78, 5) is 114. The van der Waals surface area contributed by atoms with Gasteiger partial charge in [0.1, 0.15) is 41.6 Å². The van der Waals surface area contributed by atoms with Crippen LogP contribution in [0.25, 0.3) is 33.4 Å². The van der Waals surface area contributed by atoms with Crippen molar-refractivity contribution in [3.63, 3.8) is 0 Å². The Hall–Kier alpha value is -5.63. The number of amides is 2. The molecule has 71 heavy (non-hydrogen) atoms. The summed E-state index contributed by atoms with van der Waals surface area (Å²) in [7, 11) is -14.3. The zero-order valence-corrected chi connectivity index (χ0v) is 40.4. The number of hydrogen-bond acceptors (Lipinski definition) is 20. The highest BCUT2D eigenvalue weighted by atomic mass is 33.1. The number of nitrogens with one attached hydrogen (secondary N) is 3. The molecule has 27 nitrogen and oxygen atoms in total. The molecule has 1 aromatic heterocycles. The highest BCUT2D eigenvalue weighted by Crippen LogP contribution is 2.66. The molecule has 1 fully saturated rings. The molecule has 2 amide bonds. The minimum absolute atomic E-state index is 0.0179. The number of aromatic nitrogens is 2. The molecule has 0 radical (unpaired) electrons. The fraction of sp³-hybridized carbons (Fsp3) is 0.282. The Bertz CT molecular complexity index is 3190. The van der Waals surface area contributed by atoms with Crippen molar-refractivity contribution in [2.45, 2.75) is 24.9 Å². The van der Waals surface area contributed by atoms with Gasteiger partial charge in [-0.1, -0.05) is 39.5 Å². The number of carboxylic acid groups (broad SMARTS) is 1. The summed E-state index contributed by atoms with van der Waals surface area (Å²) in [6.45, 7) is -1.44. The van der Waals surface area contributed by atoms with E-state index in [4.69, 9.17) is 34.1 Å². The molecule has 2 aliphatic heterocycles. The van der Waals surface area contributed by atoms with Crippen molar-refractivity contribution in [3.8, 4) is 40.0 Å². The largest absolute Gasteiger partial charge is 0.508 e. The highest BCUT2D eigenvalue weighted by molar-refractivity contribution is 8.76. The van der Waals surface area contributed by atoms with Crippen LogP contribution in [-0.2, 0) is 41.1 Å². The van der Waals surface area contributed by atoms with Gasteiger partial charge in [-0.05, 0) is 42.0 Å². The van der Waals surface area contributed by atoms with Crippen molar-refractivity contribution in [2.75, 3.05) is 44.5 Å². The van der Waals surface area contributed by atoms with E-state index in [0.29, 0.717) is 28.0 Å². The van der Waals surface area contributed by atoms with Crippen LogP contribution in [0.4, 0.5) is 4.79 Å². The van der Waals surface area contributed by atoms with Gasteiger partial charge in [-0.3, -0.25) is 28.5 Å². The Kier molecular flexibility index (Phi) is 18.3. The molecule has 0 bridgehead atoms. The molecule has 32 heteroatoms. The molecule has 3 aliphatic rings. The van der Waals surface area contributed by atoms with E-state index in [1.54, 1.807) is 6.07 Å². The maximum absolute atomic E-state index is 13.0. The van der Waals surface area contributed by atoms with Crippen LogP contribution >= 0.6 is 45.1 Å². The number of H-pyrrole nitrogens is 1. The number of carboxylic acids is 1. The predicted octanol–water partition coefficient (Wildman–Crippen LogP) is 2.64. The maximum atomic E-state index is 13.0. The number of nitrogens with zero attached hydrogens (tertiary/aromatic N) is 1. The van der Waals surface area contributed by atoms with E-state index in [1.807, 2.05) is 4.98 Å². The fourth-order valence-electron chi connectivity index (χ4n) is 6.71. The molecule has 3 heterocycles. The third-order valence-corrected chi connectivity index (χ3v) is 15.7. The first-order chi connectivity index (χ1) is 33.5. The van der Waals surface area contributed by atoms with Crippen molar-refractivity contribution in [1.82, 2.24) is 20.2 Å². The second-order valence-electron chi connectivity index (χ2n) is 14.4.